The number of phenols is 2. The van der Waals surface area contributed by atoms with Gasteiger partial charge in [0.25, 0.3) is 0 Å². The maximum atomic E-state index is 13.0. The first-order valence-electron chi connectivity index (χ1n) is 9.57. The molecule has 0 unspecified atom stereocenters. The number of fused-ring (bicyclic) bond motifs is 1. The van der Waals surface area contributed by atoms with Gasteiger partial charge in [0.2, 0.25) is 5.91 Å². The molecule has 31 heavy (non-hydrogen) atoms. The van der Waals surface area contributed by atoms with Gasteiger partial charge in [-0.25, -0.2) is 4.79 Å². The summed E-state index contributed by atoms with van der Waals surface area (Å²) in [6.45, 7) is 1.17. The molecule has 0 spiro atoms. The lowest BCUT2D eigenvalue weighted by atomic mass is 9.93. The van der Waals surface area contributed by atoms with E-state index in [9.17, 15) is 29.7 Å². The SMILES string of the molecule is CC(=O)N[C@@H](Cc1ccc(O)c(C(=O)[C@@H](N)Cc2c[nH]c3ccccc23)c1O)C(=O)O. The lowest BCUT2D eigenvalue weighted by Gasteiger charge is -2.17. The van der Waals surface area contributed by atoms with Crippen LogP contribution in [0.4, 0.5) is 0 Å². The minimum atomic E-state index is -1.31. The van der Waals surface area contributed by atoms with Crippen molar-refractivity contribution in [1.29, 1.82) is 0 Å². The van der Waals surface area contributed by atoms with Crippen LogP contribution in [0.15, 0.2) is 42.6 Å². The summed E-state index contributed by atoms with van der Waals surface area (Å²) in [6, 6.07) is 7.64. The van der Waals surface area contributed by atoms with Crippen molar-refractivity contribution in [3.63, 3.8) is 0 Å². The fourth-order valence-electron chi connectivity index (χ4n) is 3.51. The summed E-state index contributed by atoms with van der Waals surface area (Å²) in [5.41, 5.74) is 7.50. The van der Waals surface area contributed by atoms with Crippen molar-refractivity contribution in [2.24, 2.45) is 5.73 Å². The lowest BCUT2D eigenvalue weighted by Crippen LogP contribution is -2.41. The van der Waals surface area contributed by atoms with Gasteiger partial charge in [-0.15, -0.1) is 0 Å². The molecule has 7 N–H and O–H groups in total. The molecule has 0 aliphatic rings. The summed E-state index contributed by atoms with van der Waals surface area (Å²) < 4.78 is 0. The van der Waals surface area contributed by atoms with E-state index in [2.05, 4.69) is 10.3 Å². The molecule has 9 nitrogen and oxygen atoms in total. The average Bonchev–Trinajstić information content (AvgIpc) is 3.12. The molecule has 0 bridgehead atoms. The number of para-hydroxylation sites is 1. The number of aromatic hydroxyl groups is 2. The number of carbonyl (C=O) groups excluding carboxylic acids is 2. The number of aliphatic carboxylic acids is 1. The molecule has 1 amide bonds. The van der Waals surface area contributed by atoms with E-state index in [1.807, 2.05) is 24.3 Å². The van der Waals surface area contributed by atoms with Crippen molar-refractivity contribution in [3.8, 4) is 11.5 Å². The number of nitrogens with two attached hydrogens (primary N) is 1. The second kappa shape index (κ2) is 8.88. The number of aromatic nitrogens is 1. The highest BCUT2D eigenvalue weighted by molar-refractivity contribution is 6.05. The number of Topliss-reactive ketones (excluding diaryl/α,β-unsaturated/α-hetero) is 1. The number of carboxylic acid groups (broad SMARTS) is 1. The number of carbonyl (C=O) groups is 3. The molecule has 1 aromatic heterocycles. The second-order valence-corrected chi connectivity index (χ2v) is 7.30. The summed E-state index contributed by atoms with van der Waals surface area (Å²) in [5.74, 6) is -3.56. The Bertz CT molecular complexity index is 1150. The first-order valence-corrected chi connectivity index (χ1v) is 9.57. The third-order valence-corrected chi connectivity index (χ3v) is 5.04. The van der Waals surface area contributed by atoms with Gasteiger partial charge >= 0.3 is 5.97 Å². The number of carboxylic acids is 1. The predicted octanol–water partition coefficient (Wildman–Crippen LogP) is 1.46. The molecule has 9 heteroatoms. The Labute approximate surface area is 177 Å². The number of benzene rings is 2. The first kappa shape index (κ1) is 21.8. The summed E-state index contributed by atoms with van der Waals surface area (Å²) in [4.78, 5) is 38.7. The van der Waals surface area contributed by atoms with E-state index in [0.29, 0.717) is 0 Å². The topological polar surface area (TPSA) is 166 Å². The average molecular weight is 425 g/mol. The number of hydrogen-bond acceptors (Lipinski definition) is 6. The Morgan fingerprint density at radius 1 is 1.06 bits per heavy atom. The Morgan fingerprint density at radius 2 is 1.77 bits per heavy atom. The number of amides is 1. The lowest BCUT2D eigenvalue weighted by molar-refractivity contribution is -0.141. The molecule has 0 aliphatic carbocycles. The van der Waals surface area contributed by atoms with Crippen LogP contribution in [0.1, 0.15) is 28.4 Å². The van der Waals surface area contributed by atoms with Gasteiger partial charge in [-0.05, 0) is 29.7 Å². The molecular weight excluding hydrogens is 402 g/mol. The van der Waals surface area contributed by atoms with Crippen molar-refractivity contribution < 1.29 is 29.7 Å². The van der Waals surface area contributed by atoms with Crippen LogP contribution in [0.25, 0.3) is 10.9 Å². The summed E-state index contributed by atoms with van der Waals surface area (Å²) in [6.07, 6.45) is 1.63. The molecule has 2 atom stereocenters. The quantitative estimate of drug-likeness (QED) is 0.297. The van der Waals surface area contributed by atoms with Gasteiger partial charge in [0.05, 0.1) is 6.04 Å². The van der Waals surface area contributed by atoms with Crippen molar-refractivity contribution in [2.75, 3.05) is 0 Å². The number of hydrogen-bond donors (Lipinski definition) is 6. The van der Waals surface area contributed by atoms with Gasteiger partial charge in [0.1, 0.15) is 23.1 Å². The molecule has 162 valence electrons. The minimum Gasteiger partial charge on any atom is -0.507 e. The highest BCUT2D eigenvalue weighted by Gasteiger charge is 2.27. The molecule has 0 radical (unpaired) electrons. The Morgan fingerprint density at radius 3 is 2.45 bits per heavy atom. The van der Waals surface area contributed by atoms with Crippen molar-refractivity contribution in [1.82, 2.24) is 10.3 Å². The van der Waals surface area contributed by atoms with Gasteiger partial charge in [-0.3, -0.25) is 9.59 Å². The van der Waals surface area contributed by atoms with E-state index in [-0.39, 0.29) is 24.0 Å². The van der Waals surface area contributed by atoms with E-state index in [4.69, 9.17) is 5.73 Å². The largest absolute Gasteiger partial charge is 0.507 e. The monoisotopic (exact) mass is 425 g/mol. The molecule has 1 heterocycles. The fraction of sp³-hybridized carbons (Fsp3) is 0.227. The highest BCUT2D eigenvalue weighted by Crippen LogP contribution is 2.33. The van der Waals surface area contributed by atoms with Crippen LogP contribution in [0.2, 0.25) is 0 Å². The molecule has 3 rings (SSSR count). The molecule has 0 saturated carbocycles. The van der Waals surface area contributed by atoms with Gasteiger partial charge in [-0.2, -0.15) is 0 Å². The van der Waals surface area contributed by atoms with Crippen molar-refractivity contribution >= 4 is 28.6 Å². The van der Waals surface area contributed by atoms with Gasteiger partial charge in [0.15, 0.2) is 5.78 Å². The Kier molecular flexibility index (Phi) is 6.26. The van der Waals surface area contributed by atoms with Gasteiger partial charge in [0, 0.05) is 30.4 Å². The number of ketones is 1. The summed E-state index contributed by atoms with van der Waals surface area (Å²) >= 11 is 0. The third-order valence-electron chi connectivity index (χ3n) is 5.04. The van der Waals surface area contributed by atoms with E-state index in [0.717, 1.165) is 16.5 Å². The number of H-pyrrole nitrogens is 1. The summed E-state index contributed by atoms with van der Waals surface area (Å²) in [5, 5.41) is 33.3. The van der Waals surface area contributed by atoms with E-state index in [1.54, 1.807) is 6.20 Å². The third kappa shape index (κ3) is 4.67. The zero-order valence-electron chi connectivity index (χ0n) is 16.8. The molecule has 0 saturated heterocycles. The number of nitrogens with one attached hydrogen (secondary N) is 2. The zero-order chi connectivity index (χ0) is 22.7. The van der Waals surface area contributed by atoms with Crippen LogP contribution in [0, 0.1) is 0 Å². The van der Waals surface area contributed by atoms with Crippen LogP contribution < -0.4 is 11.1 Å². The van der Waals surface area contributed by atoms with E-state index >= 15 is 0 Å². The van der Waals surface area contributed by atoms with Crippen molar-refractivity contribution in [2.45, 2.75) is 31.8 Å². The molecular formula is C22H23N3O6. The summed E-state index contributed by atoms with van der Waals surface area (Å²) in [7, 11) is 0. The molecule has 0 fully saturated rings. The first-order chi connectivity index (χ1) is 14.7. The van der Waals surface area contributed by atoms with Gasteiger partial charge in [-0.1, -0.05) is 24.3 Å². The highest BCUT2D eigenvalue weighted by atomic mass is 16.4. The Hall–Kier alpha value is -3.85. The van der Waals surface area contributed by atoms with E-state index in [1.165, 1.54) is 19.1 Å². The van der Waals surface area contributed by atoms with E-state index < -0.39 is 41.2 Å². The molecule has 3 aromatic rings. The predicted molar refractivity (Wildman–Crippen MR) is 113 cm³/mol. The second-order valence-electron chi connectivity index (χ2n) is 7.30. The maximum Gasteiger partial charge on any atom is 0.326 e. The molecule has 2 aromatic carbocycles. The smallest absolute Gasteiger partial charge is 0.326 e. The minimum absolute atomic E-state index is 0.0848. The number of aromatic amines is 1. The fourth-order valence-corrected chi connectivity index (χ4v) is 3.51. The van der Waals surface area contributed by atoms with Crippen LogP contribution in [0.3, 0.4) is 0 Å². The van der Waals surface area contributed by atoms with Gasteiger partial charge < -0.3 is 31.4 Å². The maximum absolute atomic E-state index is 13.0. The van der Waals surface area contributed by atoms with Crippen LogP contribution in [-0.2, 0) is 22.4 Å². The zero-order valence-corrected chi connectivity index (χ0v) is 16.8. The van der Waals surface area contributed by atoms with Crippen LogP contribution in [0.5, 0.6) is 11.5 Å². The molecule has 0 aliphatic heterocycles. The Balaban J connectivity index is 1.87. The van der Waals surface area contributed by atoms with Crippen molar-refractivity contribution in [3.05, 3.63) is 59.3 Å². The normalized spacial score (nSPS) is 13.0. The standard InChI is InChI=1S/C22H23N3O6/c1-11(26)25-17(22(30)31)9-12-6-7-18(27)19(20(12)28)21(29)15(23)8-13-10-24-16-5-3-2-4-14(13)16/h2-7,10,15,17,24,27-28H,8-9,23H2,1H3,(H,25,26)(H,30,31)/t15-,17-/m0/s1. The number of phenolic OH excluding ortho intramolecular Hbond substituents is 2. The van der Waals surface area contributed by atoms with Crippen LogP contribution in [-0.4, -0.2) is 50.0 Å². The van der Waals surface area contributed by atoms with Crippen LogP contribution >= 0.6 is 0 Å². The number of rotatable bonds is 8.